The topological polar surface area (TPSA) is 20.2 Å². The Bertz CT molecular complexity index is 132. The number of aliphatic hydroxyl groups excluding tert-OH is 1. The molecule has 1 aliphatic rings. The molecule has 0 aromatic heterocycles. The summed E-state index contributed by atoms with van der Waals surface area (Å²) in [5, 5.41) is 9.27. The van der Waals surface area contributed by atoms with Crippen LogP contribution in [0.2, 0.25) is 0 Å². The molecule has 1 saturated carbocycles. The van der Waals surface area contributed by atoms with Gasteiger partial charge in [0.05, 0.1) is 6.10 Å². The van der Waals surface area contributed by atoms with Crippen LogP contribution in [0.15, 0.2) is 12.2 Å². The van der Waals surface area contributed by atoms with E-state index in [-0.39, 0.29) is 6.10 Å². The van der Waals surface area contributed by atoms with Crippen molar-refractivity contribution in [2.75, 3.05) is 0 Å². The van der Waals surface area contributed by atoms with E-state index in [4.69, 9.17) is 0 Å². The minimum absolute atomic E-state index is 0.0131. The highest BCUT2D eigenvalue weighted by atomic mass is 16.3. The Morgan fingerprint density at radius 3 is 2.50 bits per heavy atom. The molecule has 1 aliphatic carbocycles. The third-order valence-electron chi connectivity index (χ3n) is 2.60. The molecule has 0 aliphatic heterocycles. The second kappa shape index (κ2) is 5.36. The van der Waals surface area contributed by atoms with E-state index in [2.05, 4.69) is 19.1 Å². The number of unbranched alkanes of at least 4 members (excludes halogenated alkanes) is 1. The Hall–Kier alpha value is -0.300. The molecule has 70 valence electrons. The summed E-state index contributed by atoms with van der Waals surface area (Å²) < 4.78 is 0. The van der Waals surface area contributed by atoms with Crippen LogP contribution in [0.1, 0.15) is 45.4 Å². The first-order valence-corrected chi connectivity index (χ1v) is 5.17. The van der Waals surface area contributed by atoms with E-state index in [1.165, 1.54) is 25.7 Å². The summed E-state index contributed by atoms with van der Waals surface area (Å²) in [6.45, 7) is 2.20. The smallest absolute Gasteiger partial charge is 0.0540 e. The summed E-state index contributed by atoms with van der Waals surface area (Å²) in [7, 11) is 0. The second-order valence-corrected chi connectivity index (χ2v) is 3.79. The zero-order valence-electron chi connectivity index (χ0n) is 8.00. The van der Waals surface area contributed by atoms with Gasteiger partial charge in [-0.1, -0.05) is 25.5 Å². The summed E-state index contributed by atoms with van der Waals surface area (Å²) in [5.74, 6) is 0.750. The summed E-state index contributed by atoms with van der Waals surface area (Å²) >= 11 is 0. The van der Waals surface area contributed by atoms with Crippen LogP contribution in [-0.2, 0) is 0 Å². The number of rotatable bonds is 3. The SMILES string of the molecule is CCC/C=C/C1CCC(O)CC1. The molecule has 0 bridgehead atoms. The first-order chi connectivity index (χ1) is 5.83. The molecule has 1 rings (SSSR count). The molecule has 0 atom stereocenters. The zero-order chi connectivity index (χ0) is 8.81. The summed E-state index contributed by atoms with van der Waals surface area (Å²) in [6, 6.07) is 0. The largest absolute Gasteiger partial charge is 0.393 e. The number of aliphatic hydroxyl groups is 1. The molecule has 0 aromatic carbocycles. The van der Waals surface area contributed by atoms with Crippen molar-refractivity contribution in [3.05, 3.63) is 12.2 Å². The average Bonchev–Trinajstić information content (AvgIpc) is 2.09. The van der Waals surface area contributed by atoms with E-state index < -0.39 is 0 Å². The number of hydrogen-bond acceptors (Lipinski definition) is 1. The monoisotopic (exact) mass is 168 g/mol. The van der Waals surface area contributed by atoms with Gasteiger partial charge in [-0.25, -0.2) is 0 Å². The molecule has 0 saturated heterocycles. The molecule has 1 nitrogen and oxygen atoms in total. The van der Waals surface area contributed by atoms with Crippen molar-refractivity contribution < 1.29 is 5.11 Å². The minimum Gasteiger partial charge on any atom is -0.393 e. The lowest BCUT2D eigenvalue weighted by molar-refractivity contribution is 0.118. The Labute approximate surface area is 75.5 Å². The van der Waals surface area contributed by atoms with Gasteiger partial charge in [-0.2, -0.15) is 0 Å². The van der Waals surface area contributed by atoms with Gasteiger partial charge in [-0.3, -0.25) is 0 Å². The average molecular weight is 168 g/mol. The lowest BCUT2D eigenvalue weighted by Crippen LogP contribution is -2.16. The second-order valence-electron chi connectivity index (χ2n) is 3.79. The van der Waals surface area contributed by atoms with Crippen molar-refractivity contribution in [3.8, 4) is 0 Å². The fourth-order valence-electron chi connectivity index (χ4n) is 1.75. The third-order valence-corrected chi connectivity index (χ3v) is 2.60. The fraction of sp³-hybridized carbons (Fsp3) is 0.818. The van der Waals surface area contributed by atoms with E-state index in [1.807, 2.05) is 0 Å². The van der Waals surface area contributed by atoms with Crippen LogP contribution in [-0.4, -0.2) is 11.2 Å². The number of hydrogen-bond donors (Lipinski definition) is 1. The van der Waals surface area contributed by atoms with Crippen LogP contribution in [0.4, 0.5) is 0 Å². The van der Waals surface area contributed by atoms with Gasteiger partial charge in [0.15, 0.2) is 0 Å². The maximum absolute atomic E-state index is 9.27. The molecule has 0 aromatic rings. The lowest BCUT2D eigenvalue weighted by atomic mass is 9.87. The van der Waals surface area contributed by atoms with Gasteiger partial charge in [-0.15, -0.1) is 0 Å². The molecule has 1 N–H and O–H groups in total. The Kier molecular flexibility index (Phi) is 4.37. The van der Waals surface area contributed by atoms with Crippen LogP contribution in [0, 0.1) is 5.92 Å². The Morgan fingerprint density at radius 1 is 1.25 bits per heavy atom. The maximum atomic E-state index is 9.27. The van der Waals surface area contributed by atoms with Crippen molar-refractivity contribution >= 4 is 0 Å². The summed E-state index contributed by atoms with van der Waals surface area (Å²) in [6.07, 6.45) is 11.4. The molecule has 0 unspecified atom stereocenters. The minimum atomic E-state index is -0.0131. The normalized spacial score (nSPS) is 31.2. The molecule has 1 fully saturated rings. The highest BCUT2D eigenvalue weighted by Gasteiger charge is 2.16. The Balaban J connectivity index is 2.17. The van der Waals surface area contributed by atoms with Crippen molar-refractivity contribution in [2.45, 2.75) is 51.6 Å². The van der Waals surface area contributed by atoms with E-state index >= 15 is 0 Å². The third kappa shape index (κ3) is 3.40. The van der Waals surface area contributed by atoms with Crippen molar-refractivity contribution in [2.24, 2.45) is 5.92 Å². The quantitative estimate of drug-likeness (QED) is 0.642. The van der Waals surface area contributed by atoms with Crippen LogP contribution in [0.5, 0.6) is 0 Å². The molecular formula is C11H20O. The van der Waals surface area contributed by atoms with Gasteiger partial charge in [-0.05, 0) is 38.0 Å². The lowest BCUT2D eigenvalue weighted by Gasteiger charge is -2.22. The van der Waals surface area contributed by atoms with E-state index in [9.17, 15) is 5.11 Å². The van der Waals surface area contributed by atoms with Crippen LogP contribution < -0.4 is 0 Å². The van der Waals surface area contributed by atoms with E-state index in [1.54, 1.807) is 0 Å². The standard InChI is InChI=1S/C11H20O/c1-2-3-4-5-10-6-8-11(12)9-7-10/h4-5,10-12H,2-3,6-9H2,1H3/b5-4+. The van der Waals surface area contributed by atoms with Gasteiger partial charge in [0, 0.05) is 0 Å². The van der Waals surface area contributed by atoms with Crippen LogP contribution in [0.25, 0.3) is 0 Å². The van der Waals surface area contributed by atoms with Gasteiger partial charge in [0.2, 0.25) is 0 Å². The van der Waals surface area contributed by atoms with Crippen LogP contribution in [0.3, 0.4) is 0 Å². The van der Waals surface area contributed by atoms with Crippen LogP contribution >= 0.6 is 0 Å². The summed E-state index contributed by atoms with van der Waals surface area (Å²) in [4.78, 5) is 0. The van der Waals surface area contributed by atoms with Gasteiger partial charge in [0.1, 0.15) is 0 Å². The van der Waals surface area contributed by atoms with E-state index in [0.29, 0.717) is 0 Å². The fourth-order valence-corrected chi connectivity index (χ4v) is 1.75. The van der Waals surface area contributed by atoms with Gasteiger partial charge in [0.25, 0.3) is 0 Å². The number of allylic oxidation sites excluding steroid dienone is 2. The van der Waals surface area contributed by atoms with E-state index in [0.717, 1.165) is 18.8 Å². The maximum Gasteiger partial charge on any atom is 0.0540 e. The molecule has 0 radical (unpaired) electrons. The van der Waals surface area contributed by atoms with Crippen molar-refractivity contribution in [1.82, 2.24) is 0 Å². The molecule has 0 spiro atoms. The van der Waals surface area contributed by atoms with Crippen molar-refractivity contribution in [1.29, 1.82) is 0 Å². The summed E-state index contributed by atoms with van der Waals surface area (Å²) in [5.41, 5.74) is 0. The molecule has 12 heavy (non-hydrogen) atoms. The highest BCUT2D eigenvalue weighted by molar-refractivity contribution is 4.90. The first kappa shape index (κ1) is 9.79. The predicted molar refractivity (Wildman–Crippen MR) is 52.0 cm³/mol. The zero-order valence-corrected chi connectivity index (χ0v) is 8.00. The molecule has 0 amide bonds. The molecule has 0 heterocycles. The van der Waals surface area contributed by atoms with Gasteiger partial charge < -0.3 is 5.11 Å². The van der Waals surface area contributed by atoms with Gasteiger partial charge >= 0.3 is 0 Å². The molecule has 1 heteroatoms. The van der Waals surface area contributed by atoms with Crippen molar-refractivity contribution in [3.63, 3.8) is 0 Å². The molecular weight excluding hydrogens is 148 g/mol. The Morgan fingerprint density at radius 2 is 1.92 bits per heavy atom. The highest BCUT2D eigenvalue weighted by Crippen LogP contribution is 2.25. The predicted octanol–water partition coefficient (Wildman–Crippen LogP) is 2.89. The first-order valence-electron chi connectivity index (χ1n) is 5.17.